The minimum absolute atomic E-state index is 0.324. The molecular formula is C14H11BrClFO. The number of aliphatic hydroxyl groups is 1. The van der Waals surface area contributed by atoms with Crippen LogP contribution in [0.2, 0.25) is 5.02 Å². The van der Waals surface area contributed by atoms with E-state index in [0.717, 1.165) is 4.47 Å². The van der Waals surface area contributed by atoms with Gasteiger partial charge in [0.25, 0.3) is 0 Å². The van der Waals surface area contributed by atoms with Gasteiger partial charge in [0.15, 0.2) is 0 Å². The van der Waals surface area contributed by atoms with Gasteiger partial charge in [0, 0.05) is 4.47 Å². The molecule has 0 saturated heterocycles. The topological polar surface area (TPSA) is 20.2 Å². The van der Waals surface area contributed by atoms with Crippen LogP contribution in [0.25, 0.3) is 0 Å². The lowest BCUT2D eigenvalue weighted by Crippen LogP contribution is -2.00. The van der Waals surface area contributed by atoms with E-state index in [0.29, 0.717) is 21.7 Å². The van der Waals surface area contributed by atoms with E-state index in [1.165, 1.54) is 6.07 Å². The van der Waals surface area contributed by atoms with E-state index in [9.17, 15) is 9.50 Å². The summed E-state index contributed by atoms with van der Waals surface area (Å²) < 4.78 is 14.2. The molecule has 0 fully saturated rings. The zero-order valence-corrected chi connectivity index (χ0v) is 12.0. The zero-order chi connectivity index (χ0) is 13.3. The average molecular weight is 330 g/mol. The van der Waals surface area contributed by atoms with E-state index < -0.39 is 6.10 Å². The van der Waals surface area contributed by atoms with Crippen molar-refractivity contribution in [3.8, 4) is 0 Å². The monoisotopic (exact) mass is 328 g/mol. The Bertz CT molecular complexity index is 535. The molecule has 0 saturated carbocycles. The summed E-state index contributed by atoms with van der Waals surface area (Å²) in [6.07, 6.45) is -0.884. The third kappa shape index (κ3) is 2.74. The van der Waals surface area contributed by atoms with Crippen LogP contribution in [0.5, 0.6) is 0 Å². The Balaban J connectivity index is 2.37. The lowest BCUT2D eigenvalue weighted by molar-refractivity contribution is 0.220. The predicted octanol–water partition coefficient (Wildman–Crippen LogP) is 4.63. The number of aryl methyl sites for hydroxylation is 1. The summed E-state index contributed by atoms with van der Waals surface area (Å²) >= 11 is 9.25. The summed E-state index contributed by atoms with van der Waals surface area (Å²) in [5, 5.41) is 10.7. The van der Waals surface area contributed by atoms with Gasteiger partial charge in [-0.2, -0.15) is 0 Å². The highest BCUT2D eigenvalue weighted by molar-refractivity contribution is 9.10. The number of rotatable bonds is 2. The molecule has 0 aliphatic rings. The van der Waals surface area contributed by atoms with Crippen LogP contribution in [0.1, 0.15) is 22.8 Å². The van der Waals surface area contributed by atoms with Crippen molar-refractivity contribution in [2.24, 2.45) is 0 Å². The average Bonchev–Trinajstić information content (AvgIpc) is 2.35. The quantitative estimate of drug-likeness (QED) is 0.851. The van der Waals surface area contributed by atoms with Crippen LogP contribution in [0.3, 0.4) is 0 Å². The second-order valence-corrected chi connectivity index (χ2v) is 5.35. The summed E-state index contributed by atoms with van der Waals surface area (Å²) in [4.78, 5) is 0. The van der Waals surface area contributed by atoms with E-state index in [1.54, 1.807) is 37.3 Å². The maximum Gasteiger partial charge on any atom is 0.126 e. The zero-order valence-electron chi connectivity index (χ0n) is 9.62. The Kier molecular flexibility index (Phi) is 4.05. The SMILES string of the molecule is Cc1ccc(C(O)c2ccc(Br)c(Cl)c2)cc1F. The Hall–Kier alpha value is -0.900. The third-order valence-corrected chi connectivity index (χ3v) is 4.00. The highest BCUT2D eigenvalue weighted by Crippen LogP contribution is 2.29. The van der Waals surface area contributed by atoms with E-state index in [2.05, 4.69) is 15.9 Å². The molecule has 0 aliphatic carbocycles. The Morgan fingerprint density at radius 2 is 1.78 bits per heavy atom. The molecule has 2 rings (SSSR count). The van der Waals surface area contributed by atoms with Gasteiger partial charge in [-0.15, -0.1) is 0 Å². The molecule has 1 unspecified atom stereocenters. The first-order chi connectivity index (χ1) is 8.49. The molecule has 1 nitrogen and oxygen atoms in total. The van der Waals surface area contributed by atoms with Crippen LogP contribution in [0.4, 0.5) is 4.39 Å². The van der Waals surface area contributed by atoms with Crippen LogP contribution >= 0.6 is 27.5 Å². The maximum atomic E-state index is 13.5. The Labute approximate surface area is 118 Å². The molecule has 18 heavy (non-hydrogen) atoms. The first-order valence-electron chi connectivity index (χ1n) is 5.38. The molecule has 2 aromatic carbocycles. The molecule has 0 heterocycles. The number of hydrogen-bond donors (Lipinski definition) is 1. The number of benzene rings is 2. The first kappa shape index (κ1) is 13.5. The largest absolute Gasteiger partial charge is 0.384 e. The summed E-state index contributed by atoms with van der Waals surface area (Å²) in [5.41, 5.74) is 1.70. The smallest absolute Gasteiger partial charge is 0.126 e. The summed E-state index contributed by atoms with van der Waals surface area (Å²) in [6, 6.07) is 9.86. The molecule has 0 spiro atoms. The highest BCUT2D eigenvalue weighted by atomic mass is 79.9. The van der Waals surface area contributed by atoms with Crippen molar-refractivity contribution in [3.05, 3.63) is 68.4 Å². The van der Waals surface area contributed by atoms with Gasteiger partial charge < -0.3 is 5.11 Å². The Morgan fingerprint density at radius 1 is 1.17 bits per heavy atom. The summed E-state index contributed by atoms with van der Waals surface area (Å²) in [5.74, 6) is -0.324. The van der Waals surface area contributed by atoms with Gasteiger partial charge in [-0.05, 0) is 57.7 Å². The number of aliphatic hydroxyl groups excluding tert-OH is 1. The molecule has 1 N–H and O–H groups in total. The van der Waals surface area contributed by atoms with Gasteiger partial charge in [0.1, 0.15) is 11.9 Å². The maximum absolute atomic E-state index is 13.5. The Morgan fingerprint density at radius 3 is 2.39 bits per heavy atom. The van der Waals surface area contributed by atoms with Crippen LogP contribution in [0.15, 0.2) is 40.9 Å². The van der Waals surface area contributed by atoms with Crippen molar-refractivity contribution in [3.63, 3.8) is 0 Å². The lowest BCUT2D eigenvalue weighted by Gasteiger charge is -2.13. The fraction of sp³-hybridized carbons (Fsp3) is 0.143. The van der Waals surface area contributed by atoms with Crippen molar-refractivity contribution in [1.82, 2.24) is 0 Å². The minimum Gasteiger partial charge on any atom is -0.384 e. The lowest BCUT2D eigenvalue weighted by atomic mass is 10.0. The second kappa shape index (κ2) is 5.39. The van der Waals surface area contributed by atoms with Crippen molar-refractivity contribution in [1.29, 1.82) is 0 Å². The molecule has 2 aromatic rings. The van der Waals surface area contributed by atoms with Gasteiger partial charge in [0.05, 0.1) is 5.02 Å². The molecule has 4 heteroatoms. The van der Waals surface area contributed by atoms with Crippen LogP contribution in [0, 0.1) is 12.7 Å². The molecule has 0 amide bonds. The van der Waals surface area contributed by atoms with Crippen molar-refractivity contribution in [2.45, 2.75) is 13.0 Å². The van der Waals surface area contributed by atoms with Crippen molar-refractivity contribution >= 4 is 27.5 Å². The van der Waals surface area contributed by atoms with E-state index in [4.69, 9.17) is 11.6 Å². The predicted molar refractivity (Wildman–Crippen MR) is 74.4 cm³/mol. The third-order valence-electron chi connectivity index (χ3n) is 2.77. The minimum atomic E-state index is -0.884. The normalized spacial score (nSPS) is 12.5. The van der Waals surface area contributed by atoms with Gasteiger partial charge >= 0.3 is 0 Å². The standard InChI is InChI=1S/C14H11BrClFO/c1-8-2-3-10(7-13(8)17)14(18)9-4-5-11(15)12(16)6-9/h2-7,14,18H,1H3. The van der Waals surface area contributed by atoms with Crippen LogP contribution < -0.4 is 0 Å². The van der Waals surface area contributed by atoms with E-state index >= 15 is 0 Å². The van der Waals surface area contributed by atoms with Gasteiger partial charge in [-0.25, -0.2) is 4.39 Å². The highest BCUT2D eigenvalue weighted by Gasteiger charge is 2.13. The molecular weight excluding hydrogens is 319 g/mol. The number of hydrogen-bond acceptors (Lipinski definition) is 1. The number of halogens is 3. The van der Waals surface area contributed by atoms with Crippen molar-refractivity contribution in [2.75, 3.05) is 0 Å². The van der Waals surface area contributed by atoms with Gasteiger partial charge in [0.2, 0.25) is 0 Å². The molecule has 1 atom stereocenters. The molecule has 94 valence electrons. The van der Waals surface area contributed by atoms with Crippen LogP contribution in [-0.2, 0) is 0 Å². The first-order valence-corrected chi connectivity index (χ1v) is 6.55. The molecule has 0 radical (unpaired) electrons. The fourth-order valence-electron chi connectivity index (χ4n) is 1.65. The fourth-order valence-corrected chi connectivity index (χ4v) is 2.09. The van der Waals surface area contributed by atoms with E-state index in [-0.39, 0.29) is 5.82 Å². The van der Waals surface area contributed by atoms with Gasteiger partial charge in [-0.3, -0.25) is 0 Å². The molecule has 0 aliphatic heterocycles. The van der Waals surface area contributed by atoms with E-state index in [1.807, 2.05) is 0 Å². The molecule has 0 aromatic heterocycles. The second-order valence-electron chi connectivity index (χ2n) is 4.08. The van der Waals surface area contributed by atoms with Crippen molar-refractivity contribution < 1.29 is 9.50 Å². The van der Waals surface area contributed by atoms with Gasteiger partial charge in [-0.1, -0.05) is 29.8 Å². The summed E-state index contributed by atoms with van der Waals surface area (Å²) in [6.45, 7) is 1.68. The molecule has 0 bridgehead atoms. The van der Waals surface area contributed by atoms with Crippen LogP contribution in [-0.4, -0.2) is 5.11 Å². The summed E-state index contributed by atoms with van der Waals surface area (Å²) in [7, 11) is 0.